The van der Waals surface area contributed by atoms with Crippen molar-refractivity contribution in [3.05, 3.63) is 23.8 Å². The van der Waals surface area contributed by atoms with Crippen molar-refractivity contribution in [2.75, 3.05) is 25.6 Å². The van der Waals surface area contributed by atoms with Gasteiger partial charge in [0.2, 0.25) is 0 Å². The minimum atomic E-state index is -0.579. The molecule has 0 bridgehead atoms. The molecule has 116 valence electrons. The SMILES string of the molecule is Nc1cc(F)c(SC2CCOC3(CCOCC3)C2)c(F)c1. The first-order chi connectivity index (χ1) is 10.1. The quantitative estimate of drug-likeness (QED) is 0.850. The number of rotatable bonds is 2. The summed E-state index contributed by atoms with van der Waals surface area (Å²) in [6.45, 7) is 2.03. The van der Waals surface area contributed by atoms with Gasteiger partial charge in [-0.2, -0.15) is 0 Å². The van der Waals surface area contributed by atoms with Gasteiger partial charge in [0.1, 0.15) is 11.6 Å². The summed E-state index contributed by atoms with van der Waals surface area (Å²) in [5.41, 5.74) is 5.39. The van der Waals surface area contributed by atoms with Crippen LogP contribution in [0.1, 0.15) is 25.7 Å². The van der Waals surface area contributed by atoms with Crippen molar-refractivity contribution in [1.29, 1.82) is 0 Å². The molecule has 2 heterocycles. The lowest BCUT2D eigenvalue weighted by Gasteiger charge is -2.43. The molecule has 1 spiro atoms. The van der Waals surface area contributed by atoms with Crippen molar-refractivity contribution in [2.45, 2.75) is 41.4 Å². The number of nitrogen functional groups attached to an aromatic ring is 1. The van der Waals surface area contributed by atoms with Crippen molar-refractivity contribution < 1.29 is 18.3 Å². The van der Waals surface area contributed by atoms with Crippen LogP contribution in [0.4, 0.5) is 14.5 Å². The molecule has 1 aromatic rings. The molecule has 0 saturated carbocycles. The highest BCUT2D eigenvalue weighted by Gasteiger charge is 2.39. The van der Waals surface area contributed by atoms with Crippen molar-refractivity contribution in [1.82, 2.24) is 0 Å². The Morgan fingerprint density at radius 3 is 2.48 bits per heavy atom. The molecule has 0 radical (unpaired) electrons. The monoisotopic (exact) mass is 315 g/mol. The lowest BCUT2D eigenvalue weighted by Crippen LogP contribution is -2.45. The number of ether oxygens (including phenoxy) is 2. The van der Waals surface area contributed by atoms with Crippen LogP contribution in [-0.2, 0) is 9.47 Å². The fourth-order valence-corrected chi connectivity index (χ4v) is 4.31. The highest BCUT2D eigenvalue weighted by atomic mass is 32.2. The summed E-state index contributed by atoms with van der Waals surface area (Å²) in [5.74, 6) is -1.16. The van der Waals surface area contributed by atoms with E-state index in [2.05, 4.69) is 0 Å². The molecule has 2 N–H and O–H groups in total. The van der Waals surface area contributed by atoms with Gasteiger partial charge >= 0.3 is 0 Å². The average molecular weight is 315 g/mol. The minimum Gasteiger partial charge on any atom is -0.399 e. The number of hydrogen-bond donors (Lipinski definition) is 1. The average Bonchev–Trinajstić information content (AvgIpc) is 2.44. The molecule has 6 heteroatoms. The van der Waals surface area contributed by atoms with Crippen molar-refractivity contribution in [3.8, 4) is 0 Å². The number of nitrogens with two attached hydrogens (primary N) is 1. The summed E-state index contributed by atoms with van der Waals surface area (Å²) in [6.07, 6.45) is 3.33. The summed E-state index contributed by atoms with van der Waals surface area (Å²) >= 11 is 1.27. The van der Waals surface area contributed by atoms with E-state index in [1.807, 2.05) is 0 Å². The molecule has 1 unspecified atom stereocenters. The van der Waals surface area contributed by atoms with Gasteiger partial charge in [-0.1, -0.05) is 0 Å². The Hall–Kier alpha value is -0.850. The normalized spacial score (nSPS) is 25.1. The second-order valence-electron chi connectivity index (χ2n) is 5.69. The molecule has 3 rings (SSSR count). The predicted molar refractivity (Wildman–Crippen MR) is 78.4 cm³/mol. The maximum absolute atomic E-state index is 13.9. The molecule has 21 heavy (non-hydrogen) atoms. The van der Waals surface area contributed by atoms with Crippen LogP contribution >= 0.6 is 11.8 Å². The number of benzene rings is 1. The van der Waals surface area contributed by atoms with Gasteiger partial charge in [0.15, 0.2) is 0 Å². The first kappa shape index (κ1) is 15.1. The van der Waals surface area contributed by atoms with Crippen molar-refractivity contribution in [3.63, 3.8) is 0 Å². The molecule has 1 atom stereocenters. The fourth-order valence-electron chi connectivity index (χ4n) is 3.03. The Labute approximate surface area is 127 Å². The number of thioether (sulfide) groups is 1. The summed E-state index contributed by atoms with van der Waals surface area (Å²) < 4.78 is 39.2. The summed E-state index contributed by atoms with van der Waals surface area (Å²) in [4.78, 5) is 0.0679. The third kappa shape index (κ3) is 3.33. The molecule has 0 amide bonds. The smallest absolute Gasteiger partial charge is 0.141 e. The Morgan fingerprint density at radius 1 is 1.14 bits per heavy atom. The van der Waals surface area contributed by atoms with E-state index in [-0.39, 0.29) is 21.4 Å². The summed E-state index contributed by atoms with van der Waals surface area (Å²) in [7, 11) is 0. The molecular weight excluding hydrogens is 296 g/mol. The van der Waals surface area contributed by atoms with Crippen LogP contribution in [0.2, 0.25) is 0 Å². The summed E-state index contributed by atoms with van der Waals surface area (Å²) in [6, 6.07) is 2.35. The maximum atomic E-state index is 13.9. The van der Waals surface area contributed by atoms with Crippen LogP contribution in [0.3, 0.4) is 0 Å². The van der Waals surface area contributed by atoms with Crippen molar-refractivity contribution >= 4 is 17.4 Å². The standard InChI is InChI=1S/C15H19F2NO2S/c16-12-7-10(18)8-13(17)14(12)21-11-1-4-20-15(9-11)2-5-19-6-3-15/h7-8,11H,1-6,9,18H2. The van der Waals surface area contributed by atoms with Gasteiger partial charge in [0.05, 0.1) is 10.5 Å². The Bertz CT molecular complexity index is 492. The topological polar surface area (TPSA) is 44.5 Å². The van der Waals surface area contributed by atoms with Gasteiger partial charge in [-0.15, -0.1) is 11.8 Å². The van der Waals surface area contributed by atoms with Crippen LogP contribution in [0.25, 0.3) is 0 Å². The zero-order chi connectivity index (χ0) is 14.9. The number of anilines is 1. The maximum Gasteiger partial charge on any atom is 0.141 e. The lowest BCUT2D eigenvalue weighted by molar-refractivity contribution is -0.131. The molecule has 2 fully saturated rings. The van der Waals surface area contributed by atoms with Gasteiger partial charge in [-0.05, 0) is 37.8 Å². The zero-order valence-corrected chi connectivity index (χ0v) is 12.6. The molecular formula is C15H19F2NO2S. The van der Waals surface area contributed by atoms with E-state index in [0.29, 0.717) is 19.8 Å². The van der Waals surface area contributed by atoms with E-state index < -0.39 is 11.6 Å². The van der Waals surface area contributed by atoms with Gasteiger partial charge in [0, 0.05) is 30.8 Å². The van der Waals surface area contributed by atoms with Crippen molar-refractivity contribution in [2.24, 2.45) is 0 Å². The number of halogens is 2. The Balaban J connectivity index is 1.73. The number of hydrogen-bond acceptors (Lipinski definition) is 4. The van der Waals surface area contributed by atoms with Gasteiger partial charge in [-0.3, -0.25) is 0 Å². The second kappa shape index (κ2) is 6.10. The van der Waals surface area contributed by atoms with E-state index >= 15 is 0 Å². The lowest BCUT2D eigenvalue weighted by atomic mass is 9.86. The predicted octanol–water partition coefficient (Wildman–Crippen LogP) is 3.37. The third-order valence-corrected chi connectivity index (χ3v) is 5.52. The fraction of sp³-hybridized carbons (Fsp3) is 0.600. The van der Waals surface area contributed by atoms with Crippen LogP contribution in [0.15, 0.2) is 17.0 Å². The van der Waals surface area contributed by atoms with E-state index in [1.54, 1.807) is 0 Å². The van der Waals surface area contributed by atoms with E-state index in [4.69, 9.17) is 15.2 Å². The first-order valence-corrected chi connectivity index (χ1v) is 8.09. The molecule has 2 saturated heterocycles. The highest BCUT2D eigenvalue weighted by molar-refractivity contribution is 8.00. The van der Waals surface area contributed by atoms with Crippen LogP contribution in [0.5, 0.6) is 0 Å². The molecule has 3 nitrogen and oxygen atoms in total. The van der Waals surface area contributed by atoms with Crippen LogP contribution in [-0.4, -0.2) is 30.7 Å². The summed E-state index contributed by atoms with van der Waals surface area (Å²) in [5, 5.41) is 0.157. The molecule has 0 aromatic heterocycles. The van der Waals surface area contributed by atoms with Crippen LogP contribution in [0, 0.1) is 11.6 Å². The molecule has 1 aromatic carbocycles. The van der Waals surface area contributed by atoms with Gasteiger partial charge in [-0.25, -0.2) is 8.78 Å². The van der Waals surface area contributed by atoms with E-state index in [9.17, 15) is 8.78 Å². The Morgan fingerprint density at radius 2 is 1.81 bits per heavy atom. The van der Waals surface area contributed by atoms with E-state index in [0.717, 1.165) is 25.7 Å². The second-order valence-corrected chi connectivity index (χ2v) is 7.00. The zero-order valence-electron chi connectivity index (χ0n) is 11.7. The highest BCUT2D eigenvalue weighted by Crippen LogP contribution is 2.42. The Kier molecular flexibility index (Phi) is 4.38. The van der Waals surface area contributed by atoms with Crippen LogP contribution < -0.4 is 5.73 Å². The third-order valence-electron chi connectivity index (χ3n) is 4.16. The van der Waals surface area contributed by atoms with E-state index in [1.165, 1.54) is 23.9 Å². The van der Waals surface area contributed by atoms with Gasteiger partial charge in [0.25, 0.3) is 0 Å². The minimum absolute atomic E-state index is 0.0679. The first-order valence-electron chi connectivity index (χ1n) is 7.21. The molecule has 0 aliphatic carbocycles. The molecule has 2 aliphatic rings. The van der Waals surface area contributed by atoms with Gasteiger partial charge < -0.3 is 15.2 Å². The molecule has 2 aliphatic heterocycles. The largest absolute Gasteiger partial charge is 0.399 e.